The monoisotopic (exact) mass is 313 g/mol. The quantitative estimate of drug-likeness (QED) is 0.601. The van der Waals surface area contributed by atoms with Crippen LogP contribution in [0.3, 0.4) is 0 Å². The molecule has 0 aliphatic heterocycles. The first-order chi connectivity index (χ1) is 11.9. The number of hydrogen-bond acceptors (Lipinski definition) is 1. The highest BCUT2D eigenvalue weighted by molar-refractivity contribution is 5.29. The van der Waals surface area contributed by atoms with E-state index < -0.39 is 0 Å². The van der Waals surface area contributed by atoms with E-state index in [1.165, 1.54) is 23.1 Å². The lowest BCUT2D eigenvalue weighted by Gasteiger charge is -2.23. The highest BCUT2D eigenvalue weighted by Crippen LogP contribution is 2.45. The van der Waals surface area contributed by atoms with E-state index in [4.69, 9.17) is 0 Å². The Kier molecular flexibility index (Phi) is 4.44. The fraction of sp³-hybridized carbons (Fsp3) is 0.217. The Morgan fingerprint density at radius 3 is 1.58 bits per heavy atom. The molecule has 1 aliphatic carbocycles. The molecule has 0 radical (unpaired) electrons. The topological polar surface area (TPSA) is 3.24 Å². The second kappa shape index (κ2) is 7.02. The van der Waals surface area contributed by atoms with E-state index in [2.05, 4.69) is 95.9 Å². The van der Waals surface area contributed by atoms with Gasteiger partial charge in [0.25, 0.3) is 0 Å². The summed E-state index contributed by atoms with van der Waals surface area (Å²) in [4.78, 5) is 2.64. The number of hydrogen-bond donors (Lipinski definition) is 0. The zero-order valence-corrected chi connectivity index (χ0v) is 13.9. The van der Waals surface area contributed by atoms with Crippen molar-refractivity contribution in [1.82, 2.24) is 4.90 Å². The second-order valence-corrected chi connectivity index (χ2v) is 6.70. The van der Waals surface area contributed by atoms with Gasteiger partial charge in [0.15, 0.2) is 0 Å². The minimum absolute atomic E-state index is 0.646. The lowest BCUT2D eigenvalue weighted by atomic mass is 10.1. The Morgan fingerprint density at radius 1 is 0.625 bits per heavy atom. The smallest absolute Gasteiger partial charge is 0.0240 e. The molecule has 2 atom stereocenters. The molecule has 120 valence electrons. The largest absolute Gasteiger partial charge is 0.291 e. The van der Waals surface area contributed by atoms with Gasteiger partial charge in [-0.1, -0.05) is 91.0 Å². The molecular weight excluding hydrogens is 290 g/mol. The van der Waals surface area contributed by atoms with Crippen LogP contribution in [-0.4, -0.2) is 10.9 Å². The standard InChI is InChI=1S/C23H23N/c1-4-10-19(11-5-1)17-24(18-20-12-6-2-7-13-20)23-16-22(23)21-14-8-3-9-15-21/h1-15,22-23H,16-18H2/t22?,23-/m0/s1. The number of rotatable bonds is 6. The van der Waals surface area contributed by atoms with Crippen molar-refractivity contribution in [2.45, 2.75) is 31.5 Å². The van der Waals surface area contributed by atoms with Gasteiger partial charge in [0.05, 0.1) is 0 Å². The van der Waals surface area contributed by atoms with Crippen molar-refractivity contribution in [1.29, 1.82) is 0 Å². The Bertz CT molecular complexity index is 710. The molecule has 1 heteroatoms. The molecule has 1 nitrogen and oxygen atoms in total. The average Bonchev–Trinajstić information content (AvgIpc) is 3.45. The highest BCUT2D eigenvalue weighted by Gasteiger charge is 2.42. The summed E-state index contributed by atoms with van der Waals surface area (Å²) in [5.41, 5.74) is 4.27. The number of benzene rings is 3. The van der Waals surface area contributed by atoms with Crippen molar-refractivity contribution in [3.8, 4) is 0 Å². The van der Waals surface area contributed by atoms with Gasteiger partial charge in [0.2, 0.25) is 0 Å². The van der Waals surface area contributed by atoms with Crippen LogP contribution in [0.2, 0.25) is 0 Å². The summed E-state index contributed by atoms with van der Waals surface area (Å²) >= 11 is 0. The van der Waals surface area contributed by atoms with E-state index in [0.29, 0.717) is 12.0 Å². The van der Waals surface area contributed by atoms with Crippen molar-refractivity contribution in [3.63, 3.8) is 0 Å². The van der Waals surface area contributed by atoms with Crippen molar-refractivity contribution in [2.75, 3.05) is 0 Å². The molecule has 1 aliphatic rings. The maximum absolute atomic E-state index is 2.64. The predicted octanol–water partition coefficient (Wildman–Crippen LogP) is 5.24. The Balaban J connectivity index is 1.52. The van der Waals surface area contributed by atoms with Crippen LogP contribution in [0, 0.1) is 0 Å². The molecular formula is C23H23N. The predicted molar refractivity (Wildman–Crippen MR) is 99.7 cm³/mol. The van der Waals surface area contributed by atoms with Crippen LogP contribution in [0.15, 0.2) is 91.0 Å². The molecule has 3 aromatic rings. The maximum Gasteiger partial charge on any atom is 0.0240 e. The summed E-state index contributed by atoms with van der Waals surface area (Å²) in [5, 5.41) is 0. The van der Waals surface area contributed by atoms with Crippen molar-refractivity contribution in [3.05, 3.63) is 108 Å². The lowest BCUT2D eigenvalue weighted by molar-refractivity contribution is 0.241. The fourth-order valence-corrected chi connectivity index (χ4v) is 3.57. The summed E-state index contributed by atoms with van der Waals surface area (Å²) in [6, 6.07) is 33.3. The SMILES string of the molecule is c1ccc(CN(Cc2ccccc2)[C@H]2CC2c2ccccc2)cc1. The fourth-order valence-electron chi connectivity index (χ4n) is 3.57. The molecule has 0 spiro atoms. The van der Waals surface area contributed by atoms with Crippen molar-refractivity contribution >= 4 is 0 Å². The Hall–Kier alpha value is -2.38. The minimum Gasteiger partial charge on any atom is -0.291 e. The number of nitrogens with zero attached hydrogens (tertiary/aromatic N) is 1. The molecule has 0 bridgehead atoms. The third-order valence-corrected chi connectivity index (χ3v) is 4.91. The van der Waals surface area contributed by atoms with E-state index in [9.17, 15) is 0 Å². The van der Waals surface area contributed by atoms with Gasteiger partial charge in [-0.05, 0) is 23.1 Å². The molecule has 0 amide bonds. The summed E-state index contributed by atoms with van der Waals surface area (Å²) in [6.07, 6.45) is 1.27. The normalized spacial score (nSPS) is 19.4. The van der Waals surface area contributed by atoms with E-state index in [0.717, 1.165) is 13.1 Å². The van der Waals surface area contributed by atoms with Gasteiger partial charge in [-0.3, -0.25) is 4.90 Å². The zero-order valence-electron chi connectivity index (χ0n) is 13.9. The second-order valence-electron chi connectivity index (χ2n) is 6.70. The third kappa shape index (κ3) is 3.58. The van der Waals surface area contributed by atoms with Gasteiger partial charge in [0, 0.05) is 25.0 Å². The van der Waals surface area contributed by atoms with Gasteiger partial charge in [0.1, 0.15) is 0 Å². The molecule has 3 aromatic carbocycles. The van der Waals surface area contributed by atoms with Crippen molar-refractivity contribution < 1.29 is 0 Å². The van der Waals surface area contributed by atoms with E-state index in [1.807, 2.05) is 0 Å². The minimum atomic E-state index is 0.646. The van der Waals surface area contributed by atoms with Crippen molar-refractivity contribution in [2.24, 2.45) is 0 Å². The molecule has 0 heterocycles. The van der Waals surface area contributed by atoms with Gasteiger partial charge in [-0.15, -0.1) is 0 Å². The molecule has 1 fully saturated rings. The average molecular weight is 313 g/mol. The molecule has 0 aromatic heterocycles. The zero-order chi connectivity index (χ0) is 16.2. The Labute approximate surface area is 144 Å². The van der Waals surface area contributed by atoms with Crippen LogP contribution >= 0.6 is 0 Å². The molecule has 4 rings (SSSR count). The summed E-state index contributed by atoms with van der Waals surface area (Å²) in [6.45, 7) is 2.04. The molecule has 24 heavy (non-hydrogen) atoms. The first kappa shape index (κ1) is 15.2. The van der Waals surface area contributed by atoms with Crippen LogP contribution in [0.4, 0.5) is 0 Å². The summed E-state index contributed by atoms with van der Waals surface area (Å²) in [7, 11) is 0. The van der Waals surface area contributed by atoms with Crippen LogP contribution in [0.1, 0.15) is 29.0 Å². The summed E-state index contributed by atoms with van der Waals surface area (Å²) in [5.74, 6) is 0.679. The Morgan fingerprint density at radius 2 is 1.08 bits per heavy atom. The third-order valence-electron chi connectivity index (χ3n) is 4.91. The lowest BCUT2D eigenvalue weighted by Crippen LogP contribution is -2.26. The van der Waals surface area contributed by atoms with Gasteiger partial charge in [-0.25, -0.2) is 0 Å². The first-order valence-electron chi connectivity index (χ1n) is 8.77. The van der Waals surface area contributed by atoms with E-state index >= 15 is 0 Å². The van der Waals surface area contributed by atoms with Gasteiger partial charge < -0.3 is 0 Å². The highest BCUT2D eigenvalue weighted by atomic mass is 15.2. The van der Waals surface area contributed by atoms with Crippen LogP contribution in [0.5, 0.6) is 0 Å². The van der Waals surface area contributed by atoms with E-state index in [1.54, 1.807) is 0 Å². The van der Waals surface area contributed by atoms with Crippen LogP contribution < -0.4 is 0 Å². The molecule has 1 unspecified atom stereocenters. The van der Waals surface area contributed by atoms with E-state index in [-0.39, 0.29) is 0 Å². The molecule has 0 saturated heterocycles. The maximum atomic E-state index is 2.64. The van der Waals surface area contributed by atoms with Gasteiger partial charge in [-0.2, -0.15) is 0 Å². The summed E-state index contributed by atoms with van der Waals surface area (Å²) < 4.78 is 0. The molecule has 0 N–H and O–H groups in total. The van der Waals surface area contributed by atoms with Crippen LogP contribution in [0.25, 0.3) is 0 Å². The first-order valence-corrected chi connectivity index (χ1v) is 8.77. The molecule has 1 saturated carbocycles. The van der Waals surface area contributed by atoms with Crippen LogP contribution in [-0.2, 0) is 13.1 Å². The van der Waals surface area contributed by atoms with Gasteiger partial charge >= 0.3 is 0 Å².